The summed E-state index contributed by atoms with van der Waals surface area (Å²) in [6.07, 6.45) is 3.79. The lowest BCUT2D eigenvalue weighted by molar-refractivity contribution is -0.156. The summed E-state index contributed by atoms with van der Waals surface area (Å²) in [4.78, 5) is 22.6. The molecule has 0 amide bonds. The first-order valence-electron chi connectivity index (χ1n) is 8.59. The summed E-state index contributed by atoms with van der Waals surface area (Å²) < 4.78 is 16.9. The Morgan fingerprint density at radius 3 is 2.72 bits per heavy atom. The molecule has 25 heavy (non-hydrogen) atoms. The molecule has 134 valence electrons. The Labute approximate surface area is 148 Å². The topological polar surface area (TPSA) is 61.8 Å². The number of esters is 2. The molecular weight excluding hydrogens is 320 g/mol. The molecule has 1 heterocycles. The number of hydrogen-bond donors (Lipinski definition) is 0. The molecule has 5 nitrogen and oxygen atoms in total. The standard InChI is InChI=1S/C20H24O5/c1-13-8-9-20(11-23-14(2)21)10-17(13)19(24-12-20)16-6-4-5-7-18(16)25-15(3)22/h4-8,17,19H,9-12H2,1-3H3/t17-,19-,20+/m0/s1. The van der Waals surface area contributed by atoms with Crippen LogP contribution in [0.5, 0.6) is 5.75 Å². The van der Waals surface area contributed by atoms with Crippen LogP contribution in [0.2, 0.25) is 0 Å². The maximum Gasteiger partial charge on any atom is 0.308 e. The van der Waals surface area contributed by atoms with Crippen molar-refractivity contribution in [3.63, 3.8) is 0 Å². The predicted octanol–water partition coefficient (Wildman–Crippen LogP) is 3.59. The van der Waals surface area contributed by atoms with Crippen LogP contribution in [0.25, 0.3) is 0 Å². The normalized spacial score (nSPS) is 28.0. The second kappa shape index (κ2) is 7.00. The van der Waals surface area contributed by atoms with Gasteiger partial charge in [0.15, 0.2) is 0 Å². The fraction of sp³-hybridized carbons (Fsp3) is 0.500. The number of carbonyl (C=O) groups is 2. The fourth-order valence-corrected chi connectivity index (χ4v) is 3.77. The van der Waals surface area contributed by atoms with Crippen LogP contribution in [0.1, 0.15) is 45.3 Å². The van der Waals surface area contributed by atoms with Gasteiger partial charge < -0.3 is 14.2 Å². The molecule has 3 rings (SSSR count). The SMILES string of the molecule is CC(=O)OC[C@@]12CC=C(C)[C@H](C1)[C@H](c1ccccc1OC(C)=O)OC2. The monoisotopic (exact) mass is 344 g/mol. The molecule has 1 fully saturated rings. The van der Waals surface area contributed by atoms with E-state index in [0.717, 1.165) is 18.4 Å². The van der Waals surface area contributed by atoms with Gasteiger partial charge in [-0.1, -0.05) is 29.8 Å². The van der Waals surface area contributed by atoms with Crippen molar-refractivity contribution in [2.24, 2.45) is 11.3 Å². The number of rotatable bonds is 4. The number of fused-ring (bicyclic) bond motifs is 2. The van der Waals surface area contributed by atoms with E-state index in [9.17, 15) is 9.59 Å². The highest BCUT2D eigenvalue weighted by Gasteiger charge is 2.46. The number of hydrogen-bond acceptors (Lipinski definition) is 5. The van der Waals surface area contributed by atoms with Crippen LogP contribution in [0.3, 0.4) is 0 Å². The lowest BCUT2D eigenvalue weighted by atomic mass is 9.66. The summed E-state index contributed by atoms with van der Waals surface area (Å²) in [7, 11) is 0. The van der Waals surface area contributed by atoms with E-state index in [1.165, 1.54) is 19.4 Å². The van der Waals surface area contributed by atoms with Gasteiger partial charge in [-0.15, -0.1) is 0 Å². The zero-order valence-electron chi connectivity index (χ0n) is 14.9. The minimum atomic E-state index is -0.344. The Morgan fingerprint density at radius 1 is 1.24 bits per heavy atom. The van der Waals surface area contributed by atoms with Crippen LogP contribution in [-0.2, 0) is 19.1 Å². The van der Waals surface area contributed by atoms with Crippen molar-refractivity contribution in [3.8, 4) is 5.75 Å². The minimum absolute atomic E-state index is 0.164. The van der Waals surface area contributed by atoms with Crippen LogP contribution in [0, 0.1) is 11.3 Å². The minimum Gasteiger partial charge on any atom is -0.465 e. The highest BCUT2D eigenvalue weighted by atomic mass is 16.5. The molecule has 1 aliphatic carbocycles. The molecule has 2 bridgehead atoms. The van der Waals surface area contributed by atoms with Gasteiger partial charge in [-0.25, -0.2) is 0 Å². The van der Waals surface area contributed by atoms with Gasteiger partial charge in [0.1, 0.15) is 5.75 Å². The zero-order valence-corrected chi connectivity index (χ0v) is 14.9. The van der Waals surface area contributed by atoms with Crippen LogP contribution in [0.15, 0.2) is 35.9 Å². The first kappa shape index (κ1) is 17.7. The number of ether oxygens (including phenoxy) is 3. The van der Waals surface area contributed by atoms with Crippen molar-refractivity contribution < 1.29 is 23.8 Å². The van der Waals surface area contributed by atoms with Gasteiger partial charge in [0.05, 0.1) is 19.3 Å². The average Bonchev–Trinajstić information content (AvgIpc) is 2.57. The van der Waals surface area contributed by atoms with Crippen molar-refractivity contribution in [1.82, 2.24) is 0 Å². The Balaban J connectivity index is 1.87. The lowest BCUT2D eigenvalue weighted by Crippen LogP contribution is -2.44. The van der Waals surface area contributed by atoms with E-state index in [1.807, 2.05) is 18.2 Å². The Hall–Kier alpha value is -2.14. The van der Waals surface area contributed by atoms with E-state index < -0.39 is 0 Å². The molecule has 1 aliphatic heterocycles. The average molecular weight is 344 g/mol. The number of allylic oxidation sites excluding steroid dienone is 1. The molecule has 0 unspecified atom stereocenters. The van der Waals surface area contributed by atoms with Gasteiger partial charge in [0.25, 0.3) is 0 Å². The van der Waals surface area contributed by atoms with E-state index in [1.54, 1.807) is 6.07 Å². The molecule has 2 aliphatic rings. The molecular formula is C20H24O5. The van der Waals surface area contributed by atoms with Crippen molar-refractivity contribution >= 4 is 11.9 Å². The molecule has 0 radical (unpaired) electrons. The number of carbonyl (C=O) groups excluding carboxylic acids is 2. The van der Waals surface area contributed by atoms with E-state index >= 15 is 0 Å². The summed E-state index contributed by atoms with van der Waals surface area (Å²) >= 11 is 0. The largest absolute Gasteiger partial charge is 0.465 e. The molecule has 0 spiro atoms. The van der Waals surface area contributed by atoms with Gasteiger partial charge >= 0.3 is 11.9 Å². The van der Waals surface area contributed by atoms with Gasteiger partial charge in [0, 0.05) is 30.7 Å². The van der Waals surface area contributed by atoms with Crippen LogP contribution in [0.4, 0.5) is 0 Å². The predicted molar refractivity (Wildman–Crippen MR) is 92.0 cm³/mol. The van der Waals surface area contributed by atoms with Crippen molar-refractivity contribution in [3.05, 3.63) is 41.5 Å². The summed E-state index contributed by atoms with van der Waals surface area (Å²) in [5.74, 6) is 0.114. The van der Waals surface area contributed by atoms with Gasteiger partial charge in [-0.3, -0.25) is 9.59 Å². The highest BCUT2D eigenvalue weighted by molar-refractivity contribution is 5.70. The maximum absolute atomic E-state index is 11.4. The lowest BCUT2D eigenvalue weighted by Gasteiger charge is -2.47. The van der Waals surface area contributed by atoms with E-state index in [-0.39, 0.29) is 29.4 Å². The second-order valence-electron chi connectivity index (χ2n) is 7.11. The maximum atomic E-state index is 11.4. The molecule has 3 atom stereocenters. The summed E-state index contributed by atoms with van der Waals surface area (Å²) in [6, 6.07) is 7.51. The molecule has 1 aromatic carbocycles. The molecule has 5 heteroatoms. The third kappa shape index (κ3) is 3.76. The first-order chi connectivity index (χ1) is 11.9. The summed E-state index contributed by atoms with van der Waals surface area (Å²) in [6.45, 7) is 5.82. The van der Waals surface area contributed by atoms with Gasteiger partial charge in [-0.05, 0) is 25.8 Å². The smallest absolute Gasteiger partial charge is 0.308 e. The molecule has 0 saturated carbocycles. The van der Waals surface area contributed by atoms with E-state index in [4.69, 9.17) is 14.2 Å². The number of benzene rings is 1. The van der Waals surface area contributed by atoms with Crippen molar-refractivity contribution in [1.29, 1.82) is 0 Å². The third-order valence-electron chi connectivity index (χ3n) is 5.09. The fourth-order valence-electron chi connectivity index (χ4n) is 3.77. The second-order valence-corrected chi connectivity index (χ2v) is 7.11. The van der Waals surface area contributed by atoms with E-state index in [2.05, 4.69) is 13.0 Å². The molecule has 0 aromatic heterocycles. The van der Waals surface area contributed by atoms with E-state index in [0.29, 0.717) is 19.0 Å². The van der Waals surface area contributed by atoms with Crippen molar-refractivity contribution in [2.75, 3.05) is 13.2 Å². The molecule has 1 saturated heterocycles. The third-order valence-corrected chi connectivity index (χ3v) is 5.09. The van der Waals surface area contributed by atoms with Crippen LogP contribution >= 0.6 is 0 Å². The van der Waals surface area contributed by atoms with Gasteiger partial charge in [-0.2, -0.15) is 0 Å². The summed E-state index contributed by atoms with van der Waals surface area (Å²) in [5, 5.41) is 0. The van der Waals surface area contributed by atoms with Crippen LogP contribution in [-0.4, -0.2) is 25.2 Å². The Kier molecular flexibility index (Phi) is 4.95. The first-order valence-corrected chi connectivity index (χ1v) is 8.59. The van der Waals surface area contributed by atoms with Crippen LogP contribution < -0.4 is 4.74 Å². The molecule has 1 aromatic rings. The number of para-hydroxylation sites is 1. The highest BCUT2D eigenvalue weighted by Crippen LogP contribution is 2.51. The van der Waals surface area contributed by atoms with Crippen molar-refractivity contribution in [2.45, 2.75) is 39.7 Å². The Bertz CT molecular complexity index is 708. The summed E-state index contributed by atoms with van der Waals surface area (Å²) in [5.41, 5.74) is 1.99. The quantitative estimate of drug-likeness (QED) is 0.474. The molecule has 0 N–H and O–H groups in total. The zero-order chi connectivity index (χ0) is 18.0. The van der Waals surface area contributed by atoms with Gasteiger partial charge in [0.2, 0.25) is 0 Å². The Morgan fingerprint density at radius 2 is 2.00 bits per heavy atom.